The molecule has 0 aliphatic carbocycles. The van der Waals surface area contributed by atoms with Gasteiger partial charge in [-0.2, -0.15) is 0 Å². The SMILES string of the molecule is O=C(Nc1ccc(-c2cn3ccsc3n2)cc1)Nc1c(F)cccc1Cl. The molecule has 0 radical (unpaired) electrons. The van der Waals surface area contributed by atoms with Gasteiger partial charge in [0, 0.05) is 29.0 Å². The third kappa shape index (κ3) is 3.26. The molecule has 2 heterocycles. The number of anilines is 2. The van der Waals surface area contributed by atoms with Crippen LogP contribution in [0.5, 0.6) is 0 Å². The number of para-hydroxylation sites is 1. The predicted octanol–water partition coefficient (Wildman–Crippen LogP) is 5.50. The lowest BCUT2D eigenvalue weighted by atomic mass is 10.1. The van der Waals surface area contributed by atoms with Gasteiger partial charge in [0.25, 0.3) is 0 Å². The van der Waals surface area contributed by atoms with E-state index in [1.165, 1.54) is 18.2 Å². The average Bonchev–Trinajstić information content (AvgIpc) is 3.21. The van der Waals surface area contributed by atoms with Crippen molar-refractivity contribution in [2.75, 3.05) is 10.6 Å². The molecule has 0 aliphatic rings. The summed E-state index contributed by atoms with van der Waals surface area (Å²) in [6, 6.07) is 10.9. The molecule has 2 N–H and O–H groups in total. The molecule has 0 spiro atoms. The Bertz CT molecular complexity index is 1040. The fourth-order valence-corrected chi connectivity index (χ4v) is 3.39. The van der Waals surface area contributed by atoms with Crippen molar-refractivity contribution in [2.24, 2.45) is 0 Å². The Balaban J connectivity index is 1.47. The van der Waals surface area contributed by atoms with E-state index in [2.05, 4.69) is 15.6 Å². The van der Waals surface area contributed by atoms with E-state index in [1.807, 2.05) is 34.3 Å². The second-order valence-corrected chi connectivity index (χ2v) is 6.75. The molecule has 8 heteroatoms. The first-order valence-electron chi connectivity index (χ1n) is 7.65. The molecule has 0 saturated heterocycles. The Morgan fingerprint density at radius 1 is 1.15 bits per heavy atom. The highest BCUT2D eigenvalue weighted by Crippen LogP contribution is 2.25. The molecule has 130 valence electrons. The lowest BCUT2D eigenvalue weighted by molar-refractivity contribution is 0.262. The van der Waals surface area contributed by atoms with Gasteiger partial charge in [-0.1, -0.05) is 29.8 Å². The molecule has 0 atom stereocenters. The summed E-state index contributed by atoms with van der Waals surface area (Å²) < 4.78 is 15.7. The van der Waals surface area contributed by atoms with Crippen molar-refractivity contribution in [1.82, 2.24) is 9.38 Å². The maximum Gasteiger partial charge on any atom is 0.323 e. The van der Waals surface area contributed by atoms with Gasteiger partial charge < -0.3 is 10.6 Å². The topological polar surface area (TPSA) is 58.4 Å². The Labute approximate surface area is 157 Å². The Kier molecular flexibility index (Phi) is 4.32. The third-order valence-corrected chi connectivity index (χ3v) is 4.82. The number of halogens is 2. The number of nitrogens with zero attached hydrogens (tertiary/aromatic N) is 2. The number of thiazole rings is 1. The number of amides is 2. The van der Waals surface area contributed by atoms with E-state index in [-0.39, 0.29) is 10.7 Å². The molecular weight excluding hydrogens is 375 g/mol. The number of urea groups is 1. The first-order valence-corrected chi connectivity index (χ1v) is 8.90. The van der Waals surface area contributed by atoms with Crippen molar-refractivity contribution >= 4 is 45.3 Å². The van der Waals surface area contributed by atoms with E-state index < -0.39 is 11.8 Å². The number of benzene rings is 2. The van der Waals surface area contributed by atoms with Crippen LogP contribution in [0.1, 0.15) is 0 Å². The van der Waals surface area contributed by atoms with E-state index in [1.54, 1.807) is 23.5 Å². The van der Waals surface area contributed by atoms with Gasteiger partial charge in [0.05, 0.1) is 16.4 Å². The molecule has 0 unspecified atom stereocenters. The normalized spacial score (nSPS) is 10.8. The molecule has 4 aromatic rings. The minimum atomic E-state index is -0.595. The largest absolute Gasteiger partial charge is 0.323 e. The van der Waals surface area contributed by atoms with Crippen molar-refractivity contribution in [3.8, 4) is 11.3 Å². The molecular formula is C18H12ClFN4OS. The van der Waals surface area contributed by atoms with Crippen molar-refractivity contribution in [1.29, 1.82) is 0 Å². The molecule has 0 fully saturated rings. The average molecular weight is 387 g/mol. The highest BCUT2D eigenvalue weighted by atomic mass is 35.5. The fourth-order valence-electron chi connectivity index (χ4n) is 2.48. The number of rotatable bonds is 3. The first kappa shape index (κ1) is 16.6. The number of carbonyl (C=O) groups is 1. The molecule has 0 aliphatic heterocycles. The minimum absolute atomic E-state index is 0.0543. The van der Waals surface area contributed by atoms with Crippen molar-refractivity contribution in [2.45, 2.75) is 0 Å². The van der Waals surface area contributed by atoms with Crippen LogP contribution in [0, 0.1) is 5.82 Å². The lowest BCUT2D eigenvalue weighted by Gasteiger charge is -2.10. The molecule has 2 aromatic heterocycles. The van der Waals surface area contributed by atoms with Gasteiger partial charge in [0.1, 0.15) is 5.82 Å². The van der Waals surface area contributed by atoms with E-state index >= 15 is 0 Å². The smallest absolute Gasteiger partial charge is 0.308 e. The van der Waals surface area contributed by atoms with Crippen LogP contribution in [0.25, 0.3) is 16.2 Å². The highest BCUT2D eigenvalue weighted by molar-refractivity contribution is 7.15. The van der Waals surface area contributed by atoms with Crippen LogP contribution in [-0.2, 0) is 0 Å². The van der Waals surface area contributed by atoms with E-state index in [4.69, 9.17) is 11.6 Å². The Morgan fingerprint density at radius 3 is 2.69 bits per heavy atom. The number of aromatic nitrogens is 2. The summed E-state index contributed by atoms with van der Waals surface area (Å²) in [5.74, 6) is -0.595. The van der Waals surface area contributed by atoms with Gasteiger partial charge >= 0.3 is 6.03 Å². The van der Waals surface area contributed by atoms with E-state index in [9.17, 15) is 9.18 Å². The summed E-state index contributed by atoms with van der Waals surface area (Å²) in [6.07, 6.45) is 3.89. The standard InChI is InChI=1S/C18H12ClFN4OS/c19-13-2-1-3-14(20)16(13)23-17(25)21-12-6-4-11(5-7-12)15-10-24-8-9-26-18(24)22-15/h1-10H,(H2,21,23,25). The van der Waals surface area contributed by atoms with Crippen LogP contribution in [-0.4, -0.2) is 15.4 Å². The van der Waals surface area contributed by atoms with Crippen molar-refractivity contribution < 1.29 is 9.18 Å². The monoisotopic (exact) mass is 386 g/mol. The van der Waals surface area contributed by atoms with Gasteiger partial charge in [-0.15, -0.1) is 11.3 Å². The third-order valence-electron chi connectivity index (χ3n) is 3.73. The molecule has 2 amide bonds. The predicted molar refractivity (Wildman–Crippen MR) is 103 cm³/mol. The van der Waals surface area contributed by atoms with Gasteiger partial charge in [0.2, 0.25) is 0 Å². The minimum Gasteiger partial charge on any atom is -0.308 e. The number of imidazole rings is 1. The zero-order valence-electron chi connectivity index (χ0n) is 13.2. The number of carbonyl (C=O) groups excluding carboxylic acids is 1. The molecule has 4 rings (SSSR count). The summed E-state index contributed by atoms with van der Waals surface area (Å²) in [4.78, 5) is 17.5. The quantitative estimate of drug-likeness (QED) is 0.488. The summed E-state index contributed by atoms with van der Waals surface area (Å²) in [5.41, 5.74) is 2.30. The number of hydrogen-bond acceptors (Lipinski definition) is 3. The molecule has 0 saturated carbocycles. The Hall–Kier alpha value is -2.90. The number of nitrogens with one attached hydrogen (secondary N) is 2. The zero-order chi connectivity index (χ0) is 18.1. The van der Waals surface area contributed by atoms with Crippen LogP contribution in [0.4, 0.5) is 20.6 Å². The van der Waals surface area contributed by atoms with Crippen LogP contribution >= 0.6 is 22.9 Å². The van der Waals surface area contributed by atoms with E-state index in [0.29, 0.717) is 5.69 Å². The summed E-state index contributed by atoms with van der Waals surface area (Å²) in [6.45, 7) is 0. The maximum absolute atomic E-state index is 13.7. The van der Waals surface area contributed by atoms with Crippen LogP contribution in [0.15, 0.2) is 60.2 Å². The summed E-state index contributed by atoms with van der Waals surface area (Å²) in [7, 11) is 0. The summed E-state index contributed by atoms with van der Waals surface area (Å²) in [5, 5.41) is 7.17. The molecule has 2 aromatic carbocycles. The second kappa shape index (κ2) is 6.78. The fraction of sp³-hybridized carbons (Fsp3) is 0. The molecule has 26 heavy (non-hydrogen) atoms. The van der Waals surface area contributed by atoms with Crippen molar-refractivity contribution in [3.63, 3.8) is 0 Å². The maximum atomic E-state index is 13.7. The van der Waals surface area contributed by atoms with Crippen LogP contribution in [0.3, 0.4) is 0 Å². The lowest BCUT2D eigenvalue weighted by Crippen LogP contribution is -2.20. The second-order valence-electron chi connectivity index (χ2n) is 5.47. The van der Waals surface area contributed by atoms with Crippen LogP contribution < -0.4 is 10.6 Å². The van der Waals surface area contributed by atoms with Gasteiger partial charge in [-0.25, -0.2) is 14.2 Å². The van der Waals surface area contributed by atoms with Crippen LogP contribution in [0.2, 0.25) is 5.02 Å². The van der Waals surface area contributed by atoms with Crippen molar-refractivity contribution in [3.05, 3.63) is 71.1 Å². The van der Waals surface area contributed by atoms with Gasteiger partial charge in [-0.05, 0) is 24.3 Å². The first-order chi connectivity index (χ1) is 12.6. The number of hydrogen-bond donors (Lipinski definition) is 2. The zero-order valence-corrected chi connectivity index (χ0v) is 14.8. The van der Waals surface area contributed by atoms with Gasteiger partial charge in [-0.3, -0.25) is 4.40 Å². The van der Waals surface area contributed by atoms with E-state index in [0.717, 1.165) is 16.2 Å². The molecule has 0 bridgehead atoms. The highest BCUT2D eigenvalue weighted by Gasteiger charge is 2.11. The van der Waals surface area contributed by atoms with Gasteiger partial charge in [0.15, 0.2) is 4.96 Å². The summed E-state index contributed by atoms with van der Waals surface area (Å²) >= 11 is 7.46. The number of fused-ring (bicyclic) bond motifs is 1. The molecule has 5 nitrogen and oxygen atoms in total. The Morgan fingerprint density at radius 2 is 1.96 bits per heavy atom.